The van der Waals surface area contributed by atoms with E-state index in [1.54, 1.807) is 6.33 Å². The highest BCUT2D eigenvalue weighted by Gasteiger charge is 2.17. The number of rotatable bonds is 4. The Labute approximate surface area is 152 Å². The first-order valence-electron chi connectivity index (χ1n) is 8.75. The van der Waals surface area contributed by atoms with Crippen molar-refractivity contribution in [1.29, 1.82) is 0 Å². The lowest BCUT2D eigenvalue weighted by atomic mass is 10.1. The van der Waals surface area contributed by atoms with Gasteiger partial charge in [-0.1, -0.05) is 29.8 Å². The quantitative estimate of drug-likeness (QED) is 0.559. The summed E-state index contributed by atoms with van der Waals surface area (Å²) in [6.07, 6.45) is 1.67. The van der Waals surface area contributed by atoms with Crippen molar-refractivity contribution < 1.29 is 4.74 Å². The zero-order chi connectivity index (χ0) is 17.9. The highest BCUT2D eigenvalue weighted by Crippen LogP contribution is 2.27. The number of aryl methyl sites for hydroxylation is 1. The molecule has 3 heterocycles. The number of fused-ring (bicyclic) bond motifs is 1. The first-order valence-corrected chi connectivity index (χ1v) is 8.75. The van der Waals surface area contributed by atoms with Crippen LogP contribution in [-0.4, -0.2) is 47.0 Å². The maximum Gasteiger partial charge on any atom is 0.181 e. The Kier molecular flexibility index (Phi) is 4.53. The summed E-state index contributed by atoms with van der Waals surface area (Å²) < 4.78 is 5.46. The SMILES string of the molecule is C/C(=N\Nc1cc(N2CCOCC2)c2[nH]cnc2n1)c1cccc(C)c1. The van der Waals surface area contributed by atoms with Crippen molar-refractivity contribution in [2.24, 2.45) is 5.10 Å². The van der Waals surface area contributed by atoms with Crippen LogP contribution in [0.3, 0.4) is 0 Å². The fourth-order valence-corrected chi connectivity index (χ4v) is 3.10. The lowest BCUT2D eigenvalue weighted by Crippen LogP contribution is -2.36. The summed E-state index contributed by atoms with van der Waals surface area (Å²) in [5, 5.41) is 4.51. The Morgan fingerprint density at radius 1 is 1.27 bits per heavy atom. The van der Waals surface area contributed by atoms with Crippen LogP contribution >= 0.6 is 0 Å². The van der Waals surface area contributed by atoms with Gasteiger partial charge in [0.25, 0.3) is 0 Å². The second-order valence-corrected chi connectivity index (χ2v) is 6.41. The summed E-state index contributed by atoms with van der Waals surface area (Å²) >= 11 is 0. The monoisotopic (exact) mass is 350 g/mol. The van der Waals surface area contributed by atoms with Crippen molar-refractivity contribution in [3.8, 4) is 0 Å². The van der Waals surface area contributed by atoms with Crippen LogP contribution in [0.5, 0.6) is 0 Å². The summed E-state index contributed by atoms with van der Waals surface area (Å²) in [7, 11) is 0. The Morgan fingerprint density at radius 3 is 2.92 bits per heavy atom. The predicted molar refractivity (Wildman–Crippen MR) is 104 cm³/mol. The number of hydrogen-bond acceptors (Lipinski definition) is 6. The molecule has 26 heavy (non-hydrogen) atoms. The van der Waals surface area contributed by atoms with E-state index in [9.17, 15) is 0 Å². The number of aromatic amines is 1. The molecule has 7 nitrogen and oxygen atoms in total. The van der Waals surface area contributed by atoms with Gasteiger partial charge < -0.3 is 14.6 Å². The zero-order valence-corrected chi connectivity index (χ0v) is 15.0. The van der Waals surface area contributed by atoms with Crippen LogP contribution in [0.15, 0.2) is 41.8 Å². The van der Waals surface area contributed by atoms with E-state index in [0.29, 0.717) is 11.5 Å². The Hall–Kier alpha value is -2.93. The van der Waals surface area contributed by atoms with Crippen LogP contribution < -0.4 is 10.3 Å². The molecule has 1 fully saturated rings. The minimum atomic E-state index is 0.679. The molecule has 0 bridgehead atoms. The molecule has 1 aliphatic heterocycles. The lowest BCUT2D eigenvalue weighted by Gasteiger charge is -2.29. The van der Waals surface area contributed by atoms with Crippen LogP contribution in [0.1, 0.15) is 18.1 Å². The first kappa shape index (κ1) is 16.5. The Balaban J connectivity index is 1.63. The smallest absolute Gasteiger partial charge is 0.181 e. The highest BCUT2D eigenvalue weighted by molar-refractivity contribution is 5.99. The van der Waals surface area contributed by atoms with E-state index in [4.69, 9.17) is 4.74 Å². The standard InChI is InChI=1S/C19H22N6O/c1-13-4-3-5-15(10-13)14(2)23-24-17-11-16(25-6-8-26-9-7-25)18-19(22-17)21-12-20-18/h3-5,10-12H,6-9H2,1-2H3,(H2,20,21,22,24)/b23-14+. The second kappa shape index (κ2) is 7.13. The van der Waals surface area contributed by atoms with E-state index in [0.717, 1.165) is 48.8 Å². The largest absolute Gasteiger partial charge is 0.378 e. The average molecular weight is 350 g/mol. The van der Waals surface area contributed by atoms with Crippen molar-refractivity contribution in [2.75, 3.05) is 36.6 Å². The molecule has 7 heteroatoms. The molecule has 2 N–H and O–H groups in total. The van der Waals surface area contributed by atoms with Gasteiger partial charge >= 0.3 is 0 Å². The van der Waals surface area contributed by atoms with Crippen molar-refractivity contribution in [2.45, 2.75) is 13.8 Å². The van der Waals surface area contributed by atoms with E-state index in [2.05, 4.69) is 55.5 Å². The van der Waals surface area contributed by atoms with E-state index >= 15 is 0 Å². The van der Waals surface area contributed by atoms with Crippen molar-refractivity contribution >= 4 is 28.4 Å². The molecule has 0 unspecified atom stereocenters. The molecule has 0 spiro atoms. The van der Waals surface area contributed by atoms with Gasteiger partial charge in [0.2, 0.25) is 0 Å². The van der Waals surface area contributed by atoms with Crippen LogP contribution in [0.2, 0.25) is 0 Å². The minimum absolute atomic E-state index is 0.679. The third-order valence-corrected chi connectivity index (χ3v) is 4.50. The fraction of sp³-hybridized carbons (Fsp3) is 0.316. The average Bonchev–Trinajstić information content (AvgIpc) is 3.14. The Bertz CT molecular complexity index is 942. The van der Waals surface area contributed by atoms with Gasteiger partial charge in [0.15, 0.2) is 11.5 Å². The molecule has 0 amide bonds. The number of pyridine rings is 1. The number of nitrogens with one attached hydrogen (secondary N) is 2. The molecular weight excluding hydrogens is 328 g/mol. The van der Waals surface area contributed by atoms with Gasteiger partial charge in [-0.05, 0) is 19.4 Å². The number of anilines is 2. The molecule has 0 saturated carbocycles. The number of imidazole rings is 1. The topological polar surface area (TPSA) is 78.4 Å². The molecule has 0 atom stereocenters. The molecule has 0 aliphatic carbocycles. The van der Waals surface area contributed by atoms with Gasteiger partial charge in [-0.15, -0.1) is 0 Å². The zero-order valence-electron chi connectivity index (χ0n) is 15.0. The number of H-pyrrole nitrogens is 1. The number of hydrogen-bond donors (Lipinski definition) is 2. The van der Waals surface area contributed by atoms with Crippen molar-refractivity contribution in [3.05, 3.63) is 47.8 Å². The van der Waals surface area contributed by atoms with E-state index in [1.165, 1.54) is 5.56 Å². The number of ether oxygens (including phenoxy) is 1. The number of morpholine rings is 1. The third kappa shape index (κ3) is 3.39. The summed E-state index contributed by atoms with van der Waals surface area (Å²) in [6.45, 7) is 7.21. The maximum atomic E-state index is 5.46. The molecule has 2 aromatic heterocycles. The Morgan fingerprint density at radius 2 is 2.12 bits per heavy atom. The molecule has 1 aliphatic rings. The van der Waals surface area contributed by atoms with Crippen LogP contribution in [0.4, 0.5) is 11.5 Å². The lowest BCUT2D eigenvalue weighted by molar-refractivity contribution is 0.123. The summed E-state index contributed by atoms with van der Waals surface area (Å²) in [6, 6.07) is 10.3. The van der Waals surface area contributed by atoms with Gasteiger partial charge in [0, 0.05) is 19.2 Å². The van der Waals surface area contributed by atoms with Crippen LogP contribution in [-0.2, 0) is 4.74 Å². The van der Waals surface area contributed by atoms with Crippen LogP contribution in [0, 0.1) is 6.92 Å². The van der Waals surface area contributed by atoms with Gasteiger partial charge in [-0.25, -0.2) is 9.97 Å². The molecule has 3 aromatic rings. The van der Waals surface area contributed by atoms with Crippen LogP contribution in [0.25, 0.3) is 11.2 Å². The second-order valence-electron chi connectivity index (χ2n) is 6.41. The van der Waals surface area contributed by atoms with Gasteiger partial charge in [0.05, 0.1) is 30.9 Å². The summed E-state index contributed by atoms with van der Waals surface area (Å²) in [4.78, 5) is 14.3. The van der Waals surface area contributed by atoms with Gasteiger partial charge in [-0.2, -0.15) is 5.10 Å². The van der Waals surface area contributed by atoms with E-state index in [1.807, 2.05) is 19.1 Å². The third-order valence-electron chi connectivity index (χ3n) is 4.50. The molecule has 4 rings (SSSR count). The predicted octanol–water partition coefficient (Wildman–Crippen LogP) is 2.94. The first-order chi connectivity index (χ1) is 12.7. The van der Waals surface area contributed by atoms with Gasteiger partial charge in [-0.3, -0.25) is 5.43 Å². The summed E-state index contributed by atoms with van der Waals surface area (Å²) in [5.74, 6) is 0.679. The van der Waals surface area contributed by atoms with Crippen molar-refractivity contribution in [3.63, 3.8) is 0 Å². The van der Waals surface area contributed by atoms with Gasteiger partial charge in [0.1, 0.15) is 5.52 Å². The fourth-order valence-electron chi connectivity index (χ4n) is 3.10. The number of nitrogens with zero attached hydrogens (tertiary/aromatic N) is 4. The molecular formula is C19H22N6O. The molecule has 134 valence electrons. The normalized spacial score (nSPS) is 15.5. The molecule has 1 aromatic carbocycles. The highest BCUT2D eigenvalue weighted by atomic mass is 16.5. The number of benzene rings is 1. The minimum Gasteiger partial charge on any atom is -0.378 e. The van der Waals surface area contributed by atoms with E-state index < -0.39 is 0 Å². The number of hydrazone groups is 1. The number of aromatic nitrogens is 3. The molecule has 1 saturated heterocycles. The maximum absolute atomic E-state index is 5.46. The molecule has 0 radical (unpaired) electrons. The summed E-state index contributed by atoms with van der Waals surface area (Å²) in [5.41, 5.74) is 8.99. The van der Waals surface area contributed by atoms with E-state index in [-0.39, 0.29) is 0 Å². The van der Waals surface area contributed by atoms with Crippen molar-refractivity contribution in [1.82, 2.24) is 15.0 Å².